The highest BCUT2D eigenvalue weighted by Gasteiger charge is 2.26. The molecule has 0 radical (unpaired) electrons. The highest BCUT2D eigenvalue weighted by atomic mass is 32.2. The van der Waals surface area contributed by atoms with Gasteiger partial charge in [0, 0.05) is 5.92 Å². The molecule has 0 aromatic carbocycles. The molecule has 0 spiro atoms. The fourth-order valence-corrected chi connectivity index (χ4v) is 1.54. The fraction of sp³-hybridized carbons (Fsp3) is 1.00. The molecule has 0 saturated carbocycles. The van der Waals surface area contributed by atoms with Crippen LogP contribution in [0.3, 0.4) is 0 Å². The third-order valence-corrected chi connectivity index (χ3v) is 2.94. The Labute approximate surface area is 67.5 Å². The lowest BCUT2D eigenvalue weighted by atomic mass is 9.99. The van der Waals surface area contributed by atoms with E-state index >= 15 is 0 Å². The molecule has 0 amide bonds. The second-order valence-electron chi connectivity index (χ2n) is 3.08. The molecular weight excluding hydrogens is 166 g/mol. The maximum absolute atomic E-state index is 10.6. The van der Waals surface area contributed by atoms with Gasteiger partial charge in [-0.3, -0.25) is 0 Å². The number of sulfonamides is 1. The largest absolute Gasteiger partial charge is 0.376 e. The SMILES string of the molecule is CC(C)C(C)C(O)S(N)(=O)=O. The molecule has 3 N–H and O–H groups in total. The first-order valence-electron chi connectivity index (χ1n) is 3.46. The zero-order valence-corrected chi connectivity index (χ0v) is 7.80. The van der Waals surface area contributed by atoms with Crippen LogP contribution in [-0.2, 0) is 10.0 Å². The average Bonchev–Trinajstić information content (AvgIpc) is 1.82. The van der Waals surface area contributed by atoms with Crippen molar-refractivity contribution in [2.24, 2.45) is 17.0 Å². The van der Waals surface area contributed by atoms with Crippen molar-refractivity contribution in [3.8, 4) is 0 Å². The lowest BCUT2D eigenvalue weighted by Gasteiger charge is -2.19. The second kappa shape index (κ2) is 3.51. The van der Waals surface area contributed by atoms with E-state index in [-0.39, 0.29) is 11.8 Å². The van der Waals surface area contributed by atoms with Crippen molar-refractivity contribution in [1.82, 2.24) is 0 Å². The number of nitrogens with two attached hydrogens (primary N) is 1. The van der Waals surface area contributed by atoms with Gasteiger partial charge in [-0.15, -0.1) is 0 Å². The van der Waals surface area contributed by atoms with Gasteiger partial charge in [0.1, 0.15) is 0 Å². The molecule has 0 heterocycles. The fourth-order valence-electron chi connectivity index (χ4n) is 0.628. The van der Waals surface area contributed by atoms with E-state index in [0.29, 0.717) is 0 Å². The summed E-state index contributed by atoms with van der Waals surface area (Å²) >= 11 is 0. The van der Waals surface area contributed by atoms with E-state index in [0.717, 1.165) is 0 Å². The zero-order valence-electron chi connectivity index (χ0n) is 6.98. The summed E-state index contributed by atoms with van der Waals surface area (Å²) in [5, 5.41) is 13.9. The molecule has 0 aromatic rings. The van der Waals surface area contributed by atoms with Gasteiger partial charge in [0.25, 0.3) is 0 Å². The van der Waals surface area contributed by atoms with Crippen LogP contribution in [0.5, 0.6) is 0 Å². The minimum absolute atomic E-state index is 0.100. The van der Waals surface area contributed by atoms with Crippen molar-refractivity contribution in [1.29, 1.82) is 0 Å². The summed E-state index contributed by atoms with van der Waals surface area (Å²) in [6, 6.07) is 0. The molecule has 0 aliphatic carbocycles. The molecule has 11 heavy (non-hydrogen) atoms. The molecule has 0 aromatic heterocycles. The van der Waals surface area contributed by atoms with Crippen LogP contribution in [0.4, 0.5) is 0 Å². The molecule has 0 bridgehead atoms. The molecule has 0 aliphatic heterocycles. The summed E-state index contributed by atoms with van der Waals surface area (Å²) < 4.78 is 21.2. The zero-order chi connectivity index (χ0) is 9.23. The summed E-state index contributed by atoms with van der Waals surface area (Å²) in [6.07, 6.45) is 0. The van der Waals surface area contributed by atoms with Gasteiger partial charge in [-0.05, 0) is 5.92 Å². The first kappa shape index (κ1) is 10.9. The van der Waals surface area contributed by atoms with Gasteiger partial charge < -0.3 is 5.11 Å². The Kier molecular flexibility index (Phi) is 3.47. The van der Waals surface area contributed by atoms with Gasteiger partial charge in [0.15, 0.2) is 5.44 Å². The first-order chi connectivity index (χ1) is 4.76. The van der Waals surface area contributed by atoms with E-state index in [2.05, 4.69) is 0 Å². The van der Waals surface area contributed by atoms with Gasteiger partial charge in [0.05, 0.1) is 0 Å². The summed E-state index contributed by atoms with van der Waals surface area (Å²) in [5.74, 6) is -0.228. The summed E-state index contributed by atoms with van der Waals surface area (Å²) in [6.45, 7) is 5.32. The molecular formula is C6H15NO3S. The van der Waals surface area contributed by atoms with E-state index in [1.54, 1.807) is 6.92 Å². The first-order valence-corrected chi connectivity index (χ1v) is 5.07. The van der Waals surface area contributed by atoms with E-state index in [9.17, 15) is 8.42 Å². The van der Waals surface area contributed by atoms with Crippen molar-refractivity contribution < 1.29 is 13.5 Å². The second-order valence-corrected chi connectivity index (χ2v) is 4.74. The van der Waals surface area contributed by atoms with Gasteiger partial charge in [-0.1, -0.05) is 20.8 Å². The lowest BCUT2D eigenvalue weighted by molar-refractivity contribution is 0.159. The van der Waals surface area contributed by atoms with Crippen LogP contribution in [-0.4, -0.2) is 19.0 Å². The third kappa shape index (κ3) is 3.18. The Balaban J connectivity index is 4.38. The van der Waals surface area contributed by atoms with Gasteiger partial charge >= 0.3 is 0 Å². The van der Waals surface area contributed by atoms with Gasteiger partial charge in [0.2, 0.25) is 10.0 Å². The monoisotopic (exact) mass is 181 g/mol. The highest BCUT2D eigenvalue weighted by Crippen LogP contribution is 2.16. The van der Waals surface area contributed by atoms with Crippen LogP contribution < -0.4 is 5.14 Å². The van der Waals surface area contributed by atoms with Gasteiger partial charge in [-0.25, -0.2) is 13.6 Å². The summed E-state index contributed by atoms with van der Waals surface area (Å²) in [5.41, 5.74) is -1.44. The van der Waals surface area contributed by atoms with E-state index in [4.69, 9.17) is 10.2 Å². The number of hydrogen-bond donors (Lipinski definition) is 2. The van der Waals surface area contributed by atoms with Crippen molar-refractivity contribution in [2.45, 2.75) is 26.2 Å². The average molecular weight is 181 g/mol. The predicted molar refractivity (Wildman–Crippen MR) is 43.1 cm³/mol. The molecule has 2 atom stereocenters. The lowest BCUT2D eigenvalue weighted by Crippen LogP contribution is -2.35. The molecule has 0 fully saturated rings. The number of rotatable bonds is 3. The Morgan fingerprint density at radius 2 is 1.64 bits per heavy atom. The maximum atomic E-state index is 10.6. The molecule has 4 nitrogen and oxygen atoms in total. The number of primary sulfonamides is 1. The molecule has 0 aliphatic rings. The molecule has 2 unspecified atom stereocenters. The van der Waals surface area contributed by atoms with Crippen molar-refractivity contribution in [3.63, 3.8) is 0 Å². The summed E-state index contributed by atoms with van der Waals surface area (Å²) in [4.78, 5) is 0. The summed E-state index contributed by atoms with van der Waals surface area (Å²) in [7, 11) is -3.79. The molecule has 0 saturated heterocycles. The van der Waals surface area contributed by atoms with Gasteiger partial charge in [-0.2, -0.15) is 0 Å². The number of aliphatic hydroxyl groups is 1. The topological polar surface area (TPSA) is 80.4 Å². The third-order valence-electron chi connectivity index (χ3n) is 1.84. The molecule has 0 rings (SSSR count). The Morgan fingerprint density at radius 3 is 1.73 bits per heavy atom. The number of hydrogen-bond acceptors (Lipinski definition) is 3. The highest BCUT2D eigenvalue weighted by molar-refractivity contribution is 7.89. The van der Waals surface area contributed by atoms with E-state index in [1.165, 1.54) is 0 Å². The van der Waals surface area contributed by atoms with Crippen molar-refractivity contribution in [3.05, 3.63) is 0 Å². The minimum Gasteiger partial charge on any atom is -0.376 e. The van der Waals surface area contributed by atoms with Crippen LogP contribution >= 0.6 is 0 Å². The van der Waals surface area contributed by atoms with Crippen LogP contribution in [0, 0.1) is 11.8 Å². The maximum Gasteiger partial charge on any atom is 0.236 e. The Morgan fingerprint density at radius 1 is 1.27 bits per heavy atom. The Hall–Kier alpha value is -0.130. The Bertz CT molecular complexity index is 210. The van der Waals surface area contributed by atoms with Crippen LogP contribution in [0.25, 0.3) is 0 Å². The van der Waals surface area contributed by atoms with E-state index in [1.807, 2.05) is 13.8 Å². The van der Waals surface area contributed by atoms with Crippen molar-refractivity contribution in [2.75, 3.05) is 0 Å². The normalized spacial score (nSPS) is 18.4. The molecule has 5 heteroatoms. The standard InChI is InChI=1S/C6H15NO3S/c1-4(2)5(3)6(8)11(7,9)10/h4-6,8H,1-3H3,(H2,7,9,10). The minimum atomic E-state index is -3.79. The number of aliphatic hydroxyl groups excluding tert-OH is 1. The quantitative estimate of drug-likeness (QED) is 0.637. The van der Waals surface area contributed by atoms with Crippen molar-refractivity contribution >= 4 is 10.0 Å². The van der Waals surface area contributed by atoms with Crippen LogP contribution in [0.15, 0.2) is 0 Å². The predicted octanol–water partition coefficient (Wildman–Crippen LogP) is -0.115. The van der Waals surface area contributed by atoms with Crippen LogP contribution in [0.1, 0.15) is 20.8 Å². The van der Waals surface area contributed by atoms with E-state index < -0.39 is 15.5 Å². The molecule has 68 valence electrons. The van der Waals surface area contributed by atoms with Crippen LogP contribution in [0.2, 0.25) is 0 Å². The smallest absolute Gasteiger partial charge is 0.236 e.